The Morgan fingerprint density at radius 3 is 2.34 bits per heavy atom. The Bertz CT molecular complexity index is 2180. The van der Waals surface area contributed by atoms with Crippen molar-refractivity contribution in [1.29, 1.82) is 0 Å². The summed E-state index contributed by atoms with van der Waals surface area (Å²) in [6.07, 6.45) is 7.08. The van der Waals surface area contributed by atoms with E-state index >= 15 is 0 Å². The number of non-ortho nitro benzene ring substituents is 1. The molecule has 1 fully saturated rings. The van der Waals surface area contributed by atoms with E-state index in [0.29, 0.717) is 60.8 Å². The Morgan fingerprint density at radius 1 is 0.969 bits per heavy atom. The molecule has 2 amide bonds. The number of aliphatic hydroxyl groups is 2. The summed E-state index contributed by atoms with van der Waals surface area (Å²) in [6.45, 7) is 6.21. The van der Waals surface area contributed by atoms with Gasteiger partial charge in [-0.1, -0.05) is 37.1 Å². The highest BCUT2D eigenvalue weighted by Gasteiger charge is 2.65. The maximum Gasteiger partial charge on any atom is 0.417 e. The number of ether oxygens (including phenoxy) is 6. The van der Waals surface area contributed by atoms with Crippen molar-refractivity contribution in [2.75, 3.05) is 53.0 Å². The van der Waals surface area contributed by atoms with E-state index in [-0.39, 0.29) is 61.8 Å². The smallest absolute Gasteiger partial charge is 0.417 e. The molecule has 0 radical (unpaired) electrons. The number of rotatable bonds is 21. The number of amides is 2. The van der Waals surface area contributed by atoms with Gasteiger partial charge in [0.15, 0.2) is 0 Å². The van der Waals surface area contributed by atoms with Crippen LogP contribution >= 0.6 is 0 Å². The molecular formula is C47H58N4O13. The third-order valence-corrected chi connectivity index (χ3v) is 12.0. The number of nitro groups is 1. The van der Waals surface area contributed by atoms with Gasteiger partial charge >= 0.3 is 12.2 Å². The summed E-state index contributed by atoms with van der Waals surface area (Å²) in [4.78, 5) is 45.9. The van der Waals surface area contributed by atoms with Gasteiger partial charge < -0.3 is 43.5 Å². The molecule has 1 aliphatic heterocycles. The van der Waals surface area contributed by atoms with E-state index in [1.807, 2.05) is 6.92 Å². The van der Waals surface area contributed by atoms with Crippen LogP contribution in [0, 0.1) is 27.9 Å². The van der Waals surface area contributed by atoms with Gasteiger partial charge in [-0.05, 0) is 92.0 Å². The maximum absolute atomic E-state index is 14.5. The molecule has 64 heavy (non-hydrogen) atoms. The minimum atomic E-state index is -1.57. The van der Waals surface area contributed by atoms with Crippen molar-refractivity contribution in [3.05, 3.63) is 101 Å². The summed E-state index contributed by atoms with van der Waals surface area (Å²) >= 11 is 0. The molecule has 17 nitrogen and oxygen atoms in total. The number of unbranched alkanes of at least 4 members (excludes halogenated alkanes) is 2. The number of methoxy groups -OCH3 is 2. The lowest BCUT2D eigenvalue weighted by molar-refractivity contribution is -0.384. The molecule has 344 valence electrons. The third-order valence-electron chi connectivity index (χ3n) is 12.0. The van der Waals surface area contributed by atoms with Crippen LogP contribution in [0.2, 0.25) is 0 Å². The normalized spacial score (nSPS) is 22.4. The van der Waals surface area contributed by atoms with E-state index in [4.69, 9.17) is 33.3 Å². The molecule has 0 aromatic heterocycles. The van der Waals surface area contributed by atoms with Gasteiger partial charge in [0.1, 0.15) is 41.9 Å². The Balaban J connectivity index is 1.50. The second-order valence-corrected chi connectivity index (χ2v) is 15.8. The van der Waals surface area contributed by atoms with Crippen LogP contribution in [0.25, 0.3) is 0 Å². The fraction of sp³-hybridized carbons (Fsp3) is 0.468. The van der Waals surface area contributed by atoms with Gasteiger partial charge in [-0.2, -0.15) is 0 Å². The number of nitro benzene ring substituents is 1. The molecule has 3 aromatic carbocycles. The standard InChI is InChI=1S/C47H58N4O13/c1-6-22-50(46(55)63-32-16-14-31(15-17-32)51(56)57)42-29-39(49-60-5)36-26-30(12-8-10-23-52)35(13-9-11-24-53)43-37-27-34(19-21-40(37)64-47(42,44(36)43)61-25-7-2)62-45(54)48-38-20-18-33(58-3)28-41(38)59-4/h7,14-21,26-28,30,35,42-44,52-53H,2,6,8-13,22-25,29H2,1,3-5H3,(H,48,54). The zero-order valence-corrected chi connectivity index (χ0v) is 36.7. The number of oxime groups is 1. The molecule has 2 aliphatic carbocycles. The van der Waals surface area contributed by atoms with Crippen LogP contribution < -0.4 is 29.0 Å². The third kappa shape index (κ3) is 10.3. The van der Waals surface area contributed by atoms with E-state index in [1.54, 1.807) is 47.4 Å². The van der Waals surface area contributed by atoms with E-state index < -0.39 is 40.8 Å². The van der Waals surface area contributed by atoms with Crippen LogP contribution in [-0.2, 0) is 9.57 Å². The molecule has 0 bridgehead atoms. The molecule has 1 heterocycles. The number of hydrogen-bond donors (Lipinski definition) is 3. The van der Waals surface area contributed by atoms with Gasteiger partial charge in [0, 0.05) is 55.9 Å². The van der Waals surface area contributed by atoms with Crippen molar-refractivity contribution in [1.82, 2.24) is 4.90 Å². The number of allylic oxidation sites excluding steroid dienone is 1. The van der Waals surface area contributed by atoms with Gasteiger partial charge in [-0.15, -0.1) is 6.58 Å². The molecule has 6 rings (SSSR count). The van der Waals surface area contributed by atoms with E-state index in [0.717, 1.165) is 24.0 Å². The largest absolute Gasteiger partial charge is 0.497 e. The Kier molecular flexibility index (Phi) is 16.2. The van der Waals surface area contributed by atoms with E-state index in [2.05, 4.69) is 23.1 Å². The highest BCUT2D eigenvalue weighted by Crippen LogP contribution is 2.62. The summed E-state index contributed by atoms with van der Waals surface area (Å²) in [6, 6.07) is 14.6. The van der Waals surface area contributed by atoms with Crippen molar-refractivity contribution in [2.24, 2.45) is 22.9 Å². The molecule has 3 aliphatic rings. The molecule has 3 N–H and O–H groups in total. The maximum atomic E-state index is 14.5. The average Bonchev–Trinajstić information content (AvgIpc) is 3.29. The molecule has 0 spiro atoms. The Hall–Kier alpha value is -6.17. The SMILES string of the molecule is C=CCOC12Oc3ccc(OC(=O)Nc4ccc(OC)cc4OC)cc3C3C(CCCCO)C(CCCCO)C=C(C(=NOC)CC1N(CCC)C(=O)Oc1ccc([N+](=O)[O-])cc1)C32. The Labute approximate surface area is 372 Å². The second kappa shape index (κ2) is 22.0. The first-order valence-electron chi connectivity index (χ1n) is 21.6. The number of carbonyl (C=O) groups is 2. The van der Waals surface area contributed by atoms with Crippen molar-refractivity contribution in [2.45, 2.75) is 76.0 Å². The highest BCUT2D eigenvalue weighted by atomic mass is 16.7. The first-order valence-corrected chi connectivity index (χ1v) is 21.6. The van der Waals surface area contributed by atoms with Crippen molar-refractivity contribution in [3.8, 4) is 28.7 Å². The van der Waals surface area contributed by atoms with E-state index in [9.17, 15) is 29.9 Å². The predicted octanol–water partition coefficient (Wildman–Crippen LogP) is 8.40. The zero-order valence-electron chi connectivity index (χ0n) is 36.7. The summed E-state index contributed by atoms with van der Waals surface area (Å²) in [5.41, 5.74) is 2.37. The zero-order chi connectivity index (χ0) is 45.8. The molecule has 6 atom stereocenters. The monoisotopic (exact) mass is 886 g/mol. The highest BCUT2D eigenvalue weighted by molar-refractivity contribution is 6.03. The lowest BCUT2D eigenvalue weighted by Crippen LogP contribution is -2.70. The number of benzene rings is 3. The minimum Gasteiger partial charge on any atom is -0.497 e. The van der Waals surface area contributed by atoms with Gasteiger partial charge in [-0.3, -0.25) is 20.3 Å². The summed E-state index contributed by atoms with van der Waals surface area (Å²) in [5.74, 6) is -0.969. The number of anilines is 1. The van der Waals surface area contributed by atoms with Crippen LogP contribution in [-0.4, -0.2) is 97.5 Å². The average molecular weight is 887 g/mol. The topological polar surface area (TPSA) is 210 Å². The van der Waals surface area contributed by atoms with Crippen LogP contribution in [0.4, 0.5) is 21.0 Å². The summed E-state index contributed by atoms with van der Waals surface area (Å²) < 4.78 is 36.8. The molecule has 1 saturated carbocycles. The van der Waals surface area contributed by atoms with Crippen LogP contribution in [0.3, 0.4) is 0 Å². The molecule has 3 aromatic rings. The van der Waals surface area contributed by atoms with Gasteiger partial charge in [-0.25, -0.2) is 9.59 Å². The fourth-order valence-electron chi connectivity index (χ4n) is 9.38. The number of nitrogens with one attached hydrogen (secondary N) is 1. The number of aliphatic hydroxyl groups excluding tert-OH is 2. The lowest BCUT2D eigenvalue weighted by atomic mass is 9.55. The van der Waals surface area contributed by atoms with Crippen molar-refractivity contribution < 1.29 is 58.0 Å². The fourth-order valence-corrected chi connectivity index (χ4v) is 9.38. The van der Waals surface area contributed by atoms with Crippen molar-refractivity contribution in [3.63, 3.8) is 0 Å². The lowest BCUT2D eigenvalue weighted by Gasteiger charge is -2.59. The number of fused-ring (bicyclic) bond motifs is 2. The van der Waals surface area contributed by atoms with Crippen LogP contribution in [0.15, 0.2) is 90.1 Å². The number of hydrogen-bond acceptors (Lipinski definition) is 14. The number of nitrogens with zero attached hydrogens (tertiary/aromatic N) is 3. The summed E-state index contributed by atoms with van der Waals surface area (Å²) in [7, 11) is 4.48. The molecular weight excluding hydrogens is 829 g/mol. The van der Waals surface area contributed by atoms with Gasteiger partial charge in [0.25, 0.3) is 5.69 Å². The molecule has 0 saturated heterocycles. The molecule has 6 unspecified atom stereocenters. The molecule has 17 heteroatoms. The number of carbonyl (C=O) groups excluding carboxylic acids is 2. The summed E-state index contributed by atoms with van der Waals surface area (Å²) in [5, 5.41) is 38.5. The predicted molar refractivity (Wildman–Crippen MR) is 237 cm³/mol. The van der Waals surface area contributed by atoms with Crippen LogP contribution in [0.5, 0.6) is 28.7 Å². The van der Waals surface area contributed by atoms with Crippen LogP contribution in [0.1, 0.15) is 69.8 Å². The first-order chi connectivity index (χ1) is 31.0. The van der Waals surface area contributed by atoms with Gasteiger partial charge in [0.05, 0.1) is 43.1 Å². The second-order valence-electron chi connectivity index (χ2n) is 15.8. The van der Waals surface area contributed by atoms with E-state index in [1.165, 1.54) is 45.6 Å². The van der Waals surface area contributed by atoms with Crippen molar-refractivity contribution >= 4 is 29.3 Å². The first kappa shape index (κ1) is 47.3. The minimum absolute atomic E-state index is 0.0187. The quantitative estimate of drug-likeness (QED) is 0.0398. The Morgan fingerprint density at radius 2 is 1.69 bits per heavy atom. The van der Waals surface area contributed by atoms with Gasteiger partial charge in [0.2, 0.25) is 5.79 Å².